The number of hydrogen-bond donors (Lipinski definition) is 1. The Balaban J connectivity index is 1.49. The van der Waals surface area contributed by atoms with Crippen LogP contribution < -0.4 is 0 Å². The molecule has 1 aromatic heterocycles. The first-order valence-electron chi connectivity index (χ1n) is 8.28. The van der Waals surface area contributed by atoms with E-state index in [1.807, 2.05) is 12.1 Å². The van der Waals surface area contributed by atoms with Crippen molar-refractivity contribution in [3.8, 4) is 0 Å². The first-order chi connectivity index (χ1) is 12.0. The molecule has 0 bridgehead atoms. The highest BCUT2D eigenvalue weighted by molar-refractivity contribution is 5.86. The molecule has 1 aliphatic rings. The molecule has 1 saturated heterocycles. The van der Waals surface area contributed by atoms with E-state index in [0.717, 1.165) is 23.1 Å². The third kappa shape index (κ3) is 4.24. The molecule has 1 fully saturated rings. The van der Waals surface area contributed by atoms with E-state index in [0.29, 0.717) is 19.7 Å². The second kappa shape index (κ2) is 7.48. The van der Waals surface area contributed by atoms with Gasteiger partial charge in [0.2, 0.25) is 0 Å². The molecule has 1 aliphatic heterocycles. The molecule has 1 N–H and O–H groups in total. The van der Waals surface area contributed by atoms with Crippen LogP contribution in [0.25, 0.3) is 0 Å². The van der Waals surface area contributed by atoms with Gasteiger partial charge in [-0.2, -0.15) is 9.78 Å². The zero-order chi connectivity index (χ0) is 17.8. The Kier molecular flexibility index (Phi) is 5.14. The van der Waals surface area contributed by atoms with Crippen LogP contribution in [0, 0.1) is 6.92 Å². The zero-order valence-corrected chi connectivity index (χ0v) is 14.1. The van der Waals surface area contributed by atoms with E-state index in [9.17, 15) is 9.59 Å². The molecule has 3 rings (SSSR count). The van der Waals surface area contributed by atoms with Crippen LogP contribution in [0.3, 0.4) is 0 Å². The summed E-state index contributed by atoms with van der Waals surface area (Å²) in [5.74, 6) is -1.14. The molecule has 132 valence electrons. The molecular weight excluding hydrogens is 322 g/mol. The number of amides is 1. The monoisotopic (exact) mass is 343 g/mol. The predicted molar refractivity (Wildman–Crippen MR) is 90.5 cm³/mol. The number of hydrogen-bond acceptors (Lipinski definition) is 4. The smallest absolute Gasteiger partial charge is 0.356 e. The maximum atomic E-state index is 12.4. The van der Waals surface area contributed by atoms with Gasteiger partial charge in [0.1, 0.15) is 0 Å². The van der Waals surface area contributed by atoms with Gasteiger partial charge in [0.25, 0.3) is 0 Å². The maximum absolute atomic E-state index is 12.4. The van der Waals surface area contributed by atoms with Crippen molar-refractivity contribution < 1.29 is 19.4 Å². The van der Waals surface area contributed by atoms with Gasteiger partial charge in [-0.3, -0.25) is 0 Å². The number of likely N-dealkylation sites (tertiary alicyclic amines) is 1. The van der Waals surface area contributed by atoms with Crippen LogP contribution in [0.2, 0.25) is 0 Å². The van der Waals surface area contributed by atoms with E-state index in [1.165, 1.54) is 17.8 Å². The summed E-state index contributed by atoms with van der Waals surface area (Å²) < 4.78 is 7.04. The number of piperidine rings is 1. The van der Waals surface area contributed by atoms with Crippen molar-refractivity contribution >= 4 is 12.0 Å². The van der Waals surface area contributed by atoms with Crippen molar-refractivity contribution in [2.45, 2.75) is 32.5 Å². The highest BCUT2D eigenvalue weighted by Crippen LogP contribution is 2.17. The topological polar surface area (TPSA) is 84.7 Å². The molecular formula is C18H21N3O4. The fourth-order valence-corrected chi connectivity index (χ4v) is 2.92. The van der Waals surface area contributed by atoms with Crippen LogP contribution in [0.1, 0.15) is 34.5 Å². The zero-order valence-electron chi connectivity index (χ0n) is 14.1. The average Bonchev–Trinajstić information content (AvgIpc) is 3.10. The number of ether oxygens (including phenoxy) is 1. The van der Waals surface area contributed by atoms with Crippen LogP contribution in [-0.4, -0.2) is 51.0 Å². The number of aromatic carboxylic acids is 1. The minimum atomic E-state index is -1.14. The van der Waals surface area contributed by atoms with Gasteiger partial charge >= 0.3 is 12.0 Å². The Labute approximate surface area is 145 Å². The predicted octanol–water partition coefficient (Wildman–Crippen LogP) is 2.54. The fraction of sp³-hybridized carbons (Fsp3) is 0.389. The Morgan fingerprint density at radius 1 is 1.28 bits per heavy atom. The number of carboxylic acids is 1. The molecule has 2 aromatic rings. The van der Waals surface area contributed by atoms with E-state index >= 15 is 0 Å². The summed E-state index contributed by atoms with van der Waals surface area (Å²) in [6.45, 7) is 3.76. The number of carbonyl (C=O) groups is 2. The average molecular weight is 343 g/mol. The van der Waals surface area contributed by atoms with Crippen molar-refractivity contribution in [2.24, 2.45) is 0 Å². The van der Waals surface area contributed by atoms with E-state index < -0.39 is 5.97 Å². The lowest BCUT2D eigenvalue weighted by Gasteiger charge is -2.31. The van der Waals surface area contributed by atoms with Gasteiger partial charge in [-0.25, -0.2) is 9.59 Å². The summed E-state index contributed by atoms with van der Waals surface area (Å²) in [5.41, 5.74) is 2.22. The summed E-state index contributed by atoms with van der Waals surface area (Å²) in [6.07, 6.45) is 3.01. The van der Waals surface area contributed by atoms with Crippen molar-refractivity contribution in [2.75, 3.05) is 13.1 Å². The molecule has 0 unspecified atom stereocenters. The van der Waals surface area contributed by atoms with Crippen LogP contribution in [0.15, 0.2) is 36.5 Å². The van der Waals surface area contributed by atoms with Crippen LogP contribution in [-0.2, 0) is 11.3 Å². The fourth-order valence-electron chi connectivity index (χ4n) is 2.92. The van der Waals surface area contributed by atoms with E-state index in [-0.39, 0.29) is 17.8 Å². The normalized spacial score (nSPS) is 15.3. The third-order valence-corrected chi connectivity index (χ3v) is 4.28. The standard InChI is InChI=1S/C18H21N3O4/c1-13-3-2-4-14(11-13)12-25-15-5-8-20(9-6-15)18(24)21-10-7-16(19-21)17(22)23/h2-4,7,10-11,15H,5-6,8-9,12H2,1H3,(H,22,23). The Hall–Kier alpha value is -2.67. The van der Waals surface area contributed by atoms with Crippen molar-refractivity contribution in [3.63, 3.8) is 0 Å². The first-order valence-corrected chi connectivity index (χ1v) is 8.28. The second-order valence-electron chi connectivity index (χ2n) is 6.22. The molecule has 1 aromatic carbocycles. The van der Waals surface area contributed by atoms with Crippen LogP contribution >= 0.6 is 0 Å². The molecule has 0 radical (unpaired) electrons. The summed E-state index contributed by atoms with van der Waals surface area (Å²) in [4.78, 5) is 24.9. The number of carbonyl (C=O) groups excluding carboxylic acids is 1. The highest BCUT2D eigenvalue weighted by atomic mass is 16.5. The Bertz CT molecular complexity index is 763. The number of nitrogens with zero attached hydrogens (tertiary/aromatic N) is 3. The lowest BCUT2D eigenvalue weighted by atomic mass is 10.1. The summed E-state index contributed by atoms with van der Waals surface area (Å²) in [7, 11) is 0. The summed E-state index contributed by atoms with van der Waals surface area (Å²) in [6, 6.07) is 9.24. The summed E-state index contributed by atoms with van der Waals surface area (Å²) >= 11 is 0. The van der Waals surface area contributed by atoms with Crippen molar-refractivity contribution in [1.29, 1.82) is 0 Å². The molecule has 0 spiro atoms. The SMILES string of the molecule is Cc1cccc(COC2CCN(C(=O)n3ccc(C(=O)O)n3)CC2)c1. The van der Waals surface area contributed by atoms with Gasteiger partial charge in [-0.1, -0.05) is 29.8 Å². The maximum Gasteiger partial charge on any atom is 0.356 e. The molecule has 2 heterocycles. The molecule has 0 atom stereocenters. The van der Waals surface area contributed by atoms with E-state index in [2.05, 4.69) is 24.2 Å². The largest absolute Gasteiger partial charge is 0.476 e. The van der Waals surface area contributed by atoms with Crippen LogP contribution in [0.5, 0.6) is 0 Å². The van der Waals surface area contributed by atoms with Gasteiger partial charge in [-0.05, 0) is 31.4 Å². The van der Waals surface area contributed by atoms with Crippen LogP contribution in [0.4, 0.5) is 4.79 Å². The molecule has 0 saturated carbocycles. The molecule has 0 aliphatic carbocycles. The van der Waals surface area contributed by atoms with Gasteiger partial charge in [0.15, 0.2) is 5.69 Å². The minimum Gasteiger partial charge on any atom is -0.476 e. The Morgan fingerprint density at radius 3 is 2.68 bits per heavy atom. The number of aromatic nitrogens is 2. The lowest BCUT2D eigenvalue weighted by molar-refractivity contribution is 0.00434. The number of rotatable bonds is 4. The number of carboxylic acid groups (broad SMARTS) is 1. The highest BCUT2D eigenvalue weighted by Gasteiger charge is 2.25. The second-order valence-corrected chi connectivity index (χ2v) is 6.22. The first kappa shape index (κ1) is 17.2. The summed E-state index contributed by atoms with van der Waals surface area (Å²) in [5, 5.41) is 12.7. The number of aryl methyl sites for hydroxylation is 1. The van der Waals surface area contributed by atoms with Gasteiger partial charge in [0.05, 0.1) is 12.7 Å². The van der Waals surface area contributed by atoms with Gasteiger partial charge < -0.3 is 14.7 Å². The molecule has 1 amide bonds. The van der Waals surface area contributed by atoms with Crippen molar-refractivity contribution in [1.82, 2.24) is 14.7 Å². The molecule has 7 heteroatoms. The Morgan fingerprint density at radius 2 is 2.04 bits per heavy atom. The van der Waals surface area contributed by atoms with Gasteiger partial charge in [-0.15, -0.1) is 0 Å². The molecule has 7 nitrogen and oxygen atoms in total. The number of benzene rings is 1. The van der Waals surface area contributed by atoms with Gasteiger partial charge in [0, 0.05) is 19.3 Å². The quantitative estimate of drug-likeness (QED) is 0.922. The van der Waals surface area contributed by atoms with E-state index in [1.54, 1.807) is 4.90 Å². The minimum absolute atomic E-state index is 0.122. The van der Waals surface area contributed by atoms with E-state index in [4.69, 9.17) is 9.84 Å². The third-order valence-electron chi connectivity index (χ3n) is 4.28. The van der Waals surface area contributed by atoms with Crippen molar-refractivity contribution in [3.05, 3.63) is 53.3 Å². The lowest BCUT2D eigenvalue weighted by Crippen LogP contribution is -2.43. The molecule has 25 heavy (non-hydrogen) atoms.